The highest BCUT2D eigenvalue weighted by Crippen LogP contribution is 2.39. The minimum Gasteiger partial charge on any atom is -0.790 e. The van der Waals surface area contributed by atoms with Crippen molar-refractivity contribution >= 4 is 15.6 Å². The highest BCUT2D eigenvalue weighted by Gasteiger charge is 2.50. The summed E-state index contributed by atoms with van der Waals surface area (Å²) in [5, 5.41) is 37.6. The molecule has 20 heavy (non-hydrogen) atoms. The average molecular weight is 336 g/mol. The second kappa shape index (κ2) is 6.05. The summed E-state index contributed by atoms with van der Waals surface area (Å²) in [5.41, 5.74) is 0. The maximum Gasteiger partial charge on any atom is 0.120 e. The van der Waals surface area contributed by atoms with Gasteiger partial charge >= 0.3 is 0 Å². The SMILES string of the molecule is O=P([O-])([O-])O[C@@H]1C(O)[C@@H](OP(=O)([O-])[O-])[C@@H](O)C(O)[C@H]1O. The number of phosphoric acid groups is 2. The van der Waals surface area contributed by atoms with Crippen LogP contribution in [0.5, 0.6) is 0 Å². The van der Waals surface area contributed by atoms with Crippen LogP contribution in [-0.2, 0) is 18.2 Å². The zero-order chi connectivity index (χ0) is 15.9. The van der Waals surface area contributed by atoms with Gasteiger partial charge in [0.15, 0.2) is 0 Å². The third-order valence-corrected chi connectivity index (χ3v) is 3.55. The van der Waals surface area contributed by atoms with Crippen LogP contribution in [0.15, 0.2) is 0 Å². The molecule has 0 aromatic rings. The Labute approximate surface area is 111 Å². The summed E-state index contributed by atoms with van der Waals surface area (Å²) in [6, 6.07) is 0. The van der Waals surface area contributed by atoms with Gasteiger partial charge in [-0.15, -0.1) is 0 Å². The van der Waals surface area contributed by atoms with Gasteiger partial charge in [0.05, 0.1) is 15.6 Å². The third kappa shape index (κ3) is 4.53. The molecule has 6 atom stereocenters. The van der Waals surface area contributed by atoms with E-state index in [0.29, 0.717) is 0 Å². The Balaban J connectivity index is 3.02. The molecular weight excluding hydrogens is 326 g/mol. The van der Waals surface area contributed by atoms with Gasteiger partial charge < -0.3 is 58.2 Å². The fourth-order valence-electron chi connectivity index (χ4n) is 1.73. The molecule has 1 aliphatic rings. The van der Waals surface area contributed by atoms with E-state index in [1.54, 1.807) is 0 Å². The first-order chi connectivity index (χ1) is 8.83. The predicted octanol–water partition coefficient (Wildman–Crippen LogP) is -6.13. The van der Waals surface area contributed by atoms with Gasteiger partial charge in [0.1, 0.15) is 36.6 Å². The molecule has 0 heterocycles. The van der Waals surface area contributed by atoms with Crippen LogP contribution in [0.1, 0.15) is 0 Å². The Hall–Kier alpha value is 0.0600. The Morgan fingerprint density at radius 2 is 0.950 bits per heavy atom. The van der Waals surface area contributed by atoms with Crippen LogP contribution in [0, 0.1) is 0 Å². The van der Waals surface area contributed by atoms with Crippen molar-refractivity contribution in [2.24, 2.45) is 0 Å². The molecule has 0 spiro atoms. The van der Waals surface area contributed by atoms with Gasteiger partial charge in [0, 0.05) is 0 Å². The summed E-state index contributed by atoms with van der Waals surface area (Å²) in [7, 11) is -11.5. The van der Waals surface area contributed by atoms with Gasteiger partial charge in [-0.3, -0.25) is 0 Å². The van der Waals surface area contributed by atoms with E-state index in [1.165, 1.54) is 0 Å². The van der Waals surface area contributed by atoms with E-state index in [0.717, 1.165) is 0 Å². The first-order valence-corrected chi connectivity index (χ1v) is 7.89. The van der Waals surface area contributed by atoms with Crippen LogP contribution < -0.4 is 19.6 Å². The molecule has 4 N–H and O–H groups in total. The van der Waals surface area contributed by atoms with Crippen molar-refractivity contribution < 1.29 is 58.2 Å². The summed E-state index contributed by atoms with van der Waals surface area (Å²) in [5.74, 6) is 0. The molecule has 0 amide bonds. The summed E-state index contributed by atoms with van der Waals surface area (Å²) in [6.07, 6.45) is -13.7. The normalized spacial score (nSPS) is 39.8. The van der Waals surface area contributed by atoms with Crippen LogP contribution in [0.3, 0.4) is 0 Å². The van der Waals surface area contributed by atoms with Crippen molar-refractivity contribution in [2.75, 3.05) is 0 Å². The van der Waals surface area contributed by atoms with Crippen LogP contribution >= 0.6 is 15.6 Å². The standard InChI is InChI=1S/C6H14O12P2/c7-1-2(8)5(17-19(11,12)13)4(10)6(3(1)9)18-20(14,15)16/h1-10H,(H2,11,12,13)(H2,14,15,16)/p-4/t1?,2-,3+,4?,5-,6-/m0/s1. The van der Waals surface area contributed by atoms with E-state index in [-0.39, 0.29) is 0 Å². The zero-order valence-electron chi connectivity index (χ0n) is 9.41. The summed E-state index contributed by atoms with van der Waals surface area (Å²) in [6.45, 7) is 0. The van der Waals surface area contributed by atoms with Gasteiger partial charge in [-0.2, -0.15) is 0 Å². The molecule has 14 heteroatoms. The summed E-state index contributed by atoms with van der Waals surface area (Å²) >= 11 is 0. The van der Waals surface area contributed by atoms with Crippen molar-refractivity contribution in [3.8, 4) is 0 Å². The fraction of sp³-hybridized carbons (Fsp3) is 1.00. The van der Waals surface area contributed by atoms with Gasteiger partial charge in [-0.05, 0) is 0 Å². The van der Waals surface area contributed by atoms with Gasteiger partial charge in [-0.25, -0.2) is 0 Å². The van der Waals surface area contributed by atoms with Crippen molar-refractivity contribution in [2.45, 2.75) is 36.6 Å². The van der Waals surface area contributed by atoms with Gasteiger partial charge in [-0.1, -0.05) is 0 Å². The van der Waals surface area contributed by atoms with E-state index >= 15 is 0 Å². The highest BCUT2D eigenvalue weighted by molar-refractivity contribution is 7.43. The van der Waals surface area contributed by atoms with Crippen molar-refractivity contribution in [1.29, 1.82) is 0 Å². The summed E-state index contributed by atoms with van der Waals surface area (Å²) in [4.78, 5) is 41.7. The monoisotopic (exact) mass is 336 g/mol. The van der Waals surface area contributed by atoms with Crippen molar-refractivity contribution in [3.63, 3.8) is 0 Å². The van der Waals surface area contributed by atoms with Gasteiger partial charge in [0.25, 0.3) is 0 Å². The second-order valence-electron chi connectivity index (χ2n) is 4.00. The number of hydrogen-bond acceptors (Lipinski definition) is 12. The van der Waals surface area contributed by atoms with E-state index in [4.69, 9.17) is 0 Å². The van der Waals surface area contributed by atoms with E-state index in [2.05, 4.69) is 9.05 Å². The van der Waals surface area contributed by atoms with E-state index in [1.807, 2.05) is 0 Å². The molecule has 1 saturated carbocycles. The number of aliphatic hydroxyl groups is 4. The maximum atomic E-state index is 10.4. The van der Waals surface area contributed by atoms with Gasteiger partial charge in [0.2, 0.25) is 0 Å². The summed E-state index contributed by atoms with van der Waals surface area (Å²) < 4.78 is 28.4. The van der Waals surface area contributed by atoms with Crippen molar-refractivity contribution in [1.82, 2.24) is 0 Å². The first-order valence-electron chi connectivity index (χ1n) is 4.96. The Bertz CT molecular complexity index is 390. The second-order valence-corrected chi connectivity index (χ2v) is 6.21. The highest BCUT2D eigenvalue weighted by atomic mass is 31.2. The molecule has 1 fully saturated rings. The molecule has 12 nitrogen and oxygen atoms in total. The number of aliphatic hydroxyl groups excluding tert-OH is 4. The first kappa shape index (κ1) is 18.1. The Morgan fingerprint density at radius 1 is 0.650 bits per heavy atom. The van der Waals surface area contributed by atoms with Crippen LogP contribution in [0.25, 0.3) is 0 Å². The zero-order valence-corrected chi connectivity index (χ0v) is 11.2. The van der Waals surface area contributed by atoms with Crippen LogP contribution in [0.2, 0.25) is 0 Å². The number of hydrogen-bond donors (Lipinski definition) is 4. The topological polar surface area (TPSA) is 226 Å². The predicted molar refractivity (Wildman–Crippen MR) is 49.0 cm³/mol. The lowest BCUT2D eigenvalue weighted by Crippen LogP contribution is -2.65. The van der Waals surface area contributed by atoms with Crippen LogP contribution in [0.4, 0.5) is 0 Å². The Morgan fingerprint density at radius 3 is 1.20 bits per heavy atom. The molecule has 0 aliphatic heterocycles. The quantitative estimate of drug-likeness (QED) is 0.352. The molecule has 0 saturated heterocycles. The lowest BCUT2D eigenvalue weighted by Gasteiger charge is -2.48. The van der Waals surface area contributed by atoms with Crippen LogP contribution in [-0.4, -0.2) is 57.0 Å². The minimum atomic E-state index is -5.73. The molecule has 0 radical (unpaired) electrons. The Kier molecular flexibility index (Phi) is 5.48. The largest absolute Gasteiger partial charge is 0.790 e. The molecule has 0 aromatic carbocycles. The molecule has 2 unspecified atom stereocenters. The fourth-order valence-corrected chi connectivity index (χ4v) is 2.82. The molecule has 1 rings (SSSR count). The van der Waals surface area contributed by atoms with Crippen molar-refractivity contribution in [3.05, 3.63) is 0 Å². The number of phosphoric ester groups is 2. The molecule has 0 bridgehead atoms. The van der Waals surface area contributed by atoms with E-state index in [9.17, 15) is 49.1 Å². The smallest absolute Gasteiger partial charge is 0.120 e. The third-order valence-electron chi connectivity index (χ3n) is 2.55. The molecule has 0 aromatic heterocycles. The molecule has 120 valence electrons. The average Bonchev–Trinajstić information content (AvgIpc) is 2.25. The van der Waals surface area contributed by atoms with E-state index < -0.39 is 52.3 Å². The minimum absolute atomic E-state index is 2.23. The maximum absolute atomic E-state index is 10.4. The lowest BCUT2D eigenvalue weighted by atomic mass is 9.85. The molecule has 1 aliphatic carbocycles. The lowest BCUT2D eigenvalue weighted by molar-refractivity contribution is -0.360. The number of rotatable bonds is 4. The molecular formula is C6H10O12P2-4.